The van der Waals surface area contributed by atoms with Gasteiger partial charge in [0, 0.05) is 22.1 Å². The summed E-state index contributed by atoms with van der Waals surface area (Å²) in [4.78, 5) is 0. The fourth-order valence-corrected chi connectivity index (χ4v) is 2.89. The molecule has 2 heteroatoms. The van der Waals surface area contributed by atoms with Gasteiger partial charge in [-0.2, -0.15) is 0 Å². The number of hydrogen-bond acceptors (Lipinski definition) is 1. The van der Waals surface area contributed by atoms with Crippen LogP contribution in [0.4, 0.5) is 5.69 Å². The van der Waals surface area contributed by atoms with Crippen molar-refractivity contribution in [2.45, 2.75) is 13.5 Å². The van der Waals surface area contributed by atoms with Gasteiger partial charge in [0.05, 0.1) is 0 Å². The SMILES string of the molecule is Cc1ccccc1CNc1ccc(Br)c2ccccc12. The van der Waals surface area contributed by atoms with E-state index in [1.165, 1.54) is 27.6 Å². The van der Waals surface area contributed by atoms with Crippen LogP contribution in [0.5, 0.6) is 0 Å². The zero-order chi connectivity index (χ0) is 13.9. The Morgan fingerprint density at radius 3 is 2.35 bits per heavy atom. The second kappa shape index (κ2) is 5.68. The van der Waals surface area contributed by atoms with Crippen LogP contribution in [0.1, 0.15) is 11.1 Å². The number of fused-ring (bicyclic) bond motifs is 1. The van der Waals surface area contributed by atoms with Crippen molar-refractivity contribution in [3.8, 4) is 0 Å². The number of nitrogens with one attached hydrogen (secondary N) is 1. The highest BCUT2D eigenvalue weighted by atomic mass is 79.9. The molecule has 0 aliphatic rings. The van der Waals surface area contributed by atoms with Crippen LogP contribution in [-0.4, -0.2) is 0 Å². The van der Waals surface area contributed by atoms with E-state index in [1.54, 1.807) is 0 Å². The Bertz CT molecular complexity index is 749. The second-order valence-corrected chi connectivity index (χ2v) is 5.77. The van der Waals surface area contributed by atoms with E-state index in [4.69, 9.17) is 0 Å². The topological polar surface area (TPSA) is 12.0 Å². The van der Waals surface area contributed by atoms with E-state index in [9.17, 15) is 0 Å². The lowest BCUT2D eigenvalue weighted by Gasteiger charge is -2.12. The van der Waals surface area contributed by atoms with Gasteiger partial charge in [-0.05, 0) is 35.6 Å². The van der Waals surface area contributed by atoms with E-state index in [-0.39, 0.29) is 0 Å². The highest BCUT2D eigenvalue weighted by molar-refractivity contribution is 9.10. The van der Waals surface area contributed by atoms with Gasteiger partial charge in [-0.1, -0.05) is 64.5 Å². The van der Waals surface area contributed by atoms with Crippen LogP contribution in [-0.2, 0) is 6.54 Å². The summed E-state index contributed by atoms with van der Waals surface area (Å²) in [7, 11) is 0. The van der Waals surface area contributed by atoms with E-state index in [0.717, 1.165) is 11.0 Å². The Kier molecular flexibility index (Phi) is 3.75. The molecule has 3 aromatic rings. The van der Waals surface area contributed by atoms with Crippen molar-refractivity contribution in [3.63, 3.8) is 0 Å². The first-order valence-corrected chi connectivity index (χ1v) is 7.50. The summed E-state index contributed by atoms with van der Waals surface area (Å²) in [6.07, 6.45) is 0. The van der Waals surface area contributed by atoms with E-state index in [2.05, 4.69) is 88.8 Å². The van der Waals surface area contributed by atoms with Gasteiger partial charge in [-0.25, -0.2) is 0 Å². The standard InChI is InChI=1S/C18H16BrN/c1-13-6-2-3-7-14(13)12-20-18-11-10-17(19)15-8-4-5-9-16(15)18/h2-11,20H,12H2,1H3. The first kappa shape index (κ1) is 13.2. The molecular weight excluding hydrogens is 310 g/mol. The van der Waals surface area contributed by atoms with Gasteiger partial charge in [-0.3, -0.25) is 0 Å². The summed E-state index contributed by atoms with van der Waals surface area (Å²) in [6, 6.07) is 21.1. The molecule has 100 valence electrons. The molecule has 0 fully saturated rings. The molecule has 3 aromatic carbocycles. The minimum Gasteiger partial charge on any atom is -0.380 e. The summed E-state index contributed by atoms with van der Waals surface area (Å²) in [5.74, 6) is 0. The van der Waals surface area contributed by atoms with Gasteiger partial charge in [0.15, 0.2) is 0 Å². The van der Waals surface area contributed by atoms with Gasteiger partial charge in [0.25, 0.3) is 0 Å². The van der Waals surface area contributed by atoms with Gasteiger partial charge in [0.1, 0.15) is 0 Å². The van der Waals surface area contributed by atoms with Crippen molar-refractivity contribution in [1.82, 2.24) is 0 Å². The Labute approximate surface area is 127 Å². The molecule has 0 unspecified atom stereocenters. The van der Waals surface area contributed by atoms with Gasteiger partial charge in [-0.15, -0.1) is 0 Å². The number of benzene rings is 3. The van der Waals surface area contributed by atoms with Crippen LogP contribution in [0.3, 0.4) is 0 Å². The lowest BCUT2D eigenvalue weighted by atomic mass is 10.1. The van der Waals surface area contributed by atoms with E-state index in [1.807, 2.05) is 0 Å². The molecular formula is C18H16BrN. The molecule has 0 atom stereocenters. The summed E-state index contributed by atoms with van der Waals surface area (Å²) >= 11 is 3.61. The van der Waals surface area contributed by atoms with Crippen LogP contribution in [0.2, 0.25) is 0 Å². The molecule has 0 spiro atoms. The Morgan fingerprint density at radius 1 is 0.850 bits per heavy atom. The predicted octanol–water partition coefficient (Wildman–Crippen LogP) is 5.52. The summed E-state index contributed by atoms with van der Waals surface area (Å²) < 4.78 is 1.13. The molecule has 0 saturated carbocycles. The molecule has 0 aromatic heterocycles. The van der Waals surface area contributed by atoms with Crippen molar-refractivity contribution in [2.24, 2.45) is 0 Å². The normalized spacial score (nSPS) is 10.7. The smallest absolute Gasteiger partial charge is 0.0423 e. The highest BCUT2D eigenvalue weighted by Crippen LogP contribution is 2.30. The molecule has 0 amide bonds. The third-order valence-electron chi connectivity index (χ3n) is 3.60. The molecule has 3 rings (SSSR count). The van der Waals surface area contributed by atoms with Crippen molar-refractivity contribution in [2.75, 3.05) is 5.32 Å². The number of rotatable bonds is 3. The minimum atomic E-state index is 0.846. The van der Waals surface area contributed by atoms with E-state index >= 15 is 0 Å². The minimum absolute atomic E-state index is 0.846. The molecule has 0 heterocycles. The van der Waals surface area contributed by atoms with Crippen molar-refractivity contribution < 1.29 is 0 Å². The molecule has 20 heavy (non-hydrogen) atoms. The summed E-state index contributed by atoms with van der Waals surface area (Å²) in [5.41, 5.74) is 3.83. The van der Waals surface area contributed by atoms with Crippen LogP contribution >= 0.6 is 15.9 Å². The number of halogens is 1. The first-order chi connectivity index (χ1) is 9.75. The highest BCUT2D eigenvalue weighted by Gasteiger charge is 2.04. The summed E-state index contributed by atoms with van der Waals surface area (Å²) in [5, 5.41) is 6.04. The van der Waals surface area contributed by atoms with Gasteiger partial charge in [0.2, 0.25) is 0 Å². The molecule has 1 nitrogen and oxygen atoms in total. The number of hydrogen-bond donors (Lipinski definition) is 1. The predicted molar refractivity (Wildman–Crippen MR) is 90.2 cm³/mol. The maximum absolute atomic E-state index is 3.61. The lowest BCUT2D eigenvalue weighted by molar-refractivity contribution is 1.12. The Hall–Kier alpha value is -1.80. The van der Waals surface area contributed by atoms with Crippen molar-refractivity contribution in [1.29, 1.82) is 0 Å². The molecule has 0 bridgehead atoms. The maximum Gasteiger partial charge on any atom is 0.0423 e. The average molecular weight is 326 g/mol. The monoisotopic (exact) mass is 325 g/mol. The number of aryl methyl sites for hydroxylation is 1. The fraction of sp³-hybridized carbons (Fsp3) is 0.111. The fourth-order valence-electron chi connectivity index (χ4n) is 2.42. The Balaban J connectivity index is 1.92. The molecule has 1 N–H and O–H groups in total. The largest absolute Gasteiger partial charge is 0.380 e. The lowest BCUT2D eigenvalue weighted by Crippen LogP contribution is -2.01. The van der Waals surface area contributed by atoms with Gasteiger partial charge < -0.3 is 5.32 Å². The first-order valence-electron chi connectivity index (χ1n) is 6.71. The van der Waals surface area contributed by atoms with Crippen LogP contribution in [0.15, 0.2) is 65.1 Å². The zero-order valence-electron chi connectivity index (χ0n) is 11.4. The molecule has 0 aliphatic carbocycles. The van der Waals surface area contributed by atoms with Crippen LogP contribution in [0.25, 0.3) is 10.8 Å². The van der Waals surface area contributed by atoms with Crippen molar-refractivity contribution >= 4 is 32.4 Å². The van der Waals surface area contributed by atoms with Gasteiger partial charge >= 0.3 is 0 Å². The molecule has 0 saturated heterocycles. The van der Waals surface area contributed by atoms with Crippen LogP contribution in [0, 0.1) is 6.92 Å². The van der Waals surface area contributed by atoms with Crippen molar-refractivity contribution in [3.05, 3.63) is 76.3 Å². The quantitative estimate of drug-likeness (QED) is 0.668. The third kappa shape index (κ3) is 2.56. The zero-order valence-corrected chi connectivity index (χ0v) is 12.9. The Morgan fingerprint density at radius 2 is 1.55 bits per heavy atom. The summed E-state index contributed by atoms with van der Waals surface area (Å²) in [6.45, 7) is 3.00. The molecule has 0 aliphatic heterocycles. The molecule has 0 radical (unpaired) electrons. The second-order valence-electron chi connectivity index (χ2n) is 4.92. The van der Waals surface area contributed by atoms with Crippen LogP contribution < -0.4 is 5.32 Å². The number of anilines is 1. The maximum atomic E-state index is 3.61. The average Bonchev–Trinajstić information content (AvgIpc) is 2.48. The van der Waals surface area contributed by atoms with E-state index < -0.39 is 0 Å². The third-order valence-corrected chi connectivity index (χ3v) is 4.29. The van der Waals surface area contributed by atoms with E-state index in [0.29, 0.717) is 0 Å².